The lowest BCUT2D eigenvalue weighted by Crippen LogP contribution is -2.52. The van der Waals surface area contributed by atoms with Crippen LogP contribution in [0.4, 0.5) is 5.69 Å². The predicted molar refractivity (Wildman–Crippen MR) is 322 cm³/mol. The van der Waals surface area contributed by atoms with Gasteiger partial charge >= 0.3 is 17.9 Å². The molecule has 12 heteroatoms. The van der Waals surface area contributed by atoms with Crippen molar-refractivity contribution in [3.63, 3.8) is 0 Å². The van der Waals surface area contributed by atoms with E-state index in [1.165, 1.54) is 12.0 Å². The number of hydrogen-bond donors (Lipinski definition) is 0. The summed E-state index contributed by atoms with van der Waals surface area (Å²) >= 11 is 1.43. The minimum Gasteiger partial charge on any atom is -0.489 e. The molecule has 3 aromatic carbocycles. The third-order valence-corrected chi connectivity index (χ3v) is 19.1. The molecule has 0 saturated heterocycles. The number of aryl methyl sites for hydroxylation is 1. The zero-order chi connectivity index (χ0) is 58.5. The molecule has 79 heavy (non-hydrogen) atoms. The zero-order valence-corrected chi connectivity index (χ0v) is 52.3. The SMILES string of the molecule is CCN(CC)c1ccc(C2(c3c(C)n(CC)c4ccccc34)OC(=O)c3cccnc32)c(OCCOC(=O)CCC(=O)OC(CC(C)(C)C(C)(C)C(CC(C)(C)C)OSc2ccccc2)C(C)(C)C(C)(C)CC(C)C(C)(C)C)c1. The van der Waals surface area contributed by atoms with E-state index in [2.05, 4.69) is 165 Å². The molecule has 1 aliphatic heterocycles. The van der Waals surface area contributed by atoms with Gasteiger partial charge in [-0.25, -0.2) is 4.79 Å². The Morgan fingerprint density at radius 3 is 1.99 bits per heavy atom. The Kier molecular flexibility index (Phi) is 19.7. The van der Waals surface area contributed by atoms with Gasteiger partial charge in [0.15, 0.2) is 0 Å². The summed E-state index contributed by atoms with van der Waals surface area (Å²) in [5.41, 5.74) is 2.30. The molecule has 4 atom stereocenters. The zero-order valence-electron chi connectivity index (χ0n) is 51.5. The van der Waals surface area contributed by atoms with Gasteiger partial charge in [-0.2, -0.15) is 0 Å². The smallest absolute Gasteiger partial charge is 0.341 e. The number of aromatic nitrogens is 2. The summed E-state index contributed by atoms with van der Waals surface area (Å²) in [4.78, 5) is 50.1. The molecule has 0 spiro atoms. The Labute approximate surface area is 478 Å². The topological polar surface area (TPSA) is 118 Å². The number of hydrogen-bond acceptors (Lipinski definition) is 11. The number of nitrogens with zero attached hydrogens (tertiary/aromatic N) is 3. The molecular formula is C67H95N3O8S. The van der Waals surface area contributed by atoms with E-state index in [1.807, 2.05) is 48.5 Å². The minimum atomic E-state index is -1.47. The van der Waals surface area contributed by atoms with Gasteiger partial charge in [0.2, 0.25) is 5.60 Å². The van der Waals surface area contributed by atoms with Crippen LogP contribution < -0.4 is 9.64 Å². The Bertz CT molecular complexity index is 2890. The molecule has 6 rings (SSSR count). The lowest BCUT2D eigenvalue weighted by atomic mass is 9.54. The first-order chi connectivity index (χ1) is 36.9. The van der Waals surface area contributed by atoms with Crippen molar-refractivity contribution < 1.29 is 37.5 Å². The molecule has 0 fully saturated rings. The maximum Gasteiger partial charge on any atom is 0.341 e. The molecule has 0 radical (unpaired) electrons. The summed E-state index contributed by atoms with van der Waals surface area (Å²) in [7, 11) is 0. The van der Waals surface area contributed by atoms with Crippen LogP contribution in [0.3, 0.4) is 0 Å². The standard InChI is InChI=1S/C67H95N3O8S/c1-20-69(21-2)47-34-35-51(67(59-50(60(73)77-67)32-28-38-68-59)58-46(5)70(22-3)52-33-27-26-31-49(52)58)53(41-47)74-39-40-75-56(71)36-37-57(72)76-54(65(16,17)63(12,13)42-45(4)62(9,10)11)44-64(14,15)66(18,19)55(43-61(6,7)8)78-79-48-29-24-23-25-30-48/h23-35,38,41,45,54-55H,20-22,36-37,39-40,42-44H2,1-19H3. The fraction of sp³-hybridized carbons (Fsp3) is 0.582. The lowest BCUT2D eigenvalue weighted by molar-refractivity contribution is -0.172. The number of esters is 3. The van der Waals surface area contributed by atoms with E-state index in [0.717, 1.165) is 58.7 Å². The summed E-state index contributed by atoms with van der Waals surface area (Å²) in [5.74, 6) is -0.587. The van der Waals surface area contributed by atoms with Crippen molar-refractivity contribution in [2.75, 3.05) is 31.2 Å². The highest BCUT2D eigenvalue weighted by Gasteiger charge is 2.55. The molecule has 4 unspecified atom stereocenters. The molecule has 2 aromatic heterocycles. The van der Waals surface area contributed by atoms with Crippen LogP contribution >= 0.6 is 12.0 Å². The van der Waals surface area contributed by atoms with Crippen molar-refractivity contribution >= 4 is 46.5 Å². The van der Waals surface area contributed by atoms with Crippen LogP contribution in [0.25, 0.3) is 10.9 Å². The van der Waals surface area contributed by atoms with E-state index in [1.54, 1.807) is 18.3 Å². The van der Waals surface area contributed by atoms with Crippen molar-refractivity contribution in [3.8, 4) is 5.75 Å². The highest BCUT2D eigenvalue weighted by molar-refractivity contribution is 7.94. The van der Waals surface area contributed by atoms with Gasteiger partial charge < -0.3 is 32.6 Å². The van der Waals surface area contributed by atoms with E-state index in [9.17, 15) is 14.4 Å². The molecule has 5 aromatic rings. The third-order valence-electron chi connectivity index (χ3n) is 18.3. The molecule has 0 N–H and O–H groups in total. The average molecular weight is 1100 g/mol. The van der Waals surface area contributed by atoms with Gasteiger partial charge in [0, 0.05) is 87.7 Å². The minimum absolute atomic E-state index is 0.00727. The molecule has 0 saturated carbocycles. The normalized spacial score (nSPS) is 16.5. The summed E-state index contributed by atoms with van der Waals surface area (Å²) in [6.07, 6.45) is 3.10. The van der Waals surface area contributed by atoms with Crippen molar-refractivity contribution in [2.24, 2.45) is 38.4 Å². The molecular weight excluding hydrogens is 1010 g/mol. The van der Waals surface area contributed by atoms with Crippen LogP contribution in [0.2, 0.25) is 0 Å². The number of carbonyl (C=O) groups is 3. The van der Waals surface area contributed by atoms with Crippen LogP contribution in [-0.4, -0.2) is 66.0 Å². The second kappa shape index (κ2) is 24.8. The van der Waals surface area contributed by atoms with Gasteiger partial charge in [-0.3, -0.25) is 14.6 Å². The monoisotopic (exact) mass is 1100 g/mol. The summed E-state index contributed by atoms with van der Waals surface area (Å²) < 4.78 is 35.0. The fourth-order valence-corrected chi connectivity index (χ4v) is 12.1. The van der Waals surface area contributed by atoms with Gasteiger partial charge in [0.25, 0.3) is 0 Å². The summed E-state index contributed by atoms with van der Waals surface area (Å²) in [6.45, 7) is 44.7. The number of carbonyl (C=O) groups excluding carboxylic acids is 3. The number of ether oxygens (including phenoxy) is 4. The number of para-hydroxylation sites is 1. The van der Waals surface area contributed by atoms with E-state index >= 15 is 0 Å². The molecule has 1 aliphatic rings. The Morgan fingerprint density at radius 2 is 1.35 bits per heavy atom. The Morgan fingerprint density at radius 1 is 0.734 bits per heavy atom. The molecule has 3 heterocycles. The average Bonchev–Trinajstić information content (AvgIpc) is 4.09. The van der Waals surface area contributed by atoms with E-state index in [0.29, 0.717) is 41.5 Å². The second-order valence-corrected chi connectivity index (χ2v) is 27.6. The molecule has 432 valence electrons. The first-order valence-electron chi connectivity index (χ1n) is 28.9. The van der Waals surface area contributed by atoms with Crippen molar-refractivity contribution in [1.82, 2.24) is 9.55 Å². The lowest BCUT2D eigenvalue weighted by Gasteiger charge is -2.53. The van der Waals surface area contributed by atoms with Crippen LogP contribution in [0.15, 0.2) is 96.0 Å². The molecule has 0 amide bonds. The maximum atomic E-state index is 14.3. The van der Waals surface area contributed by atoms with Crippen LogP contribution in [0, 0.1) is 45.3 Å². The Balaban J connectivity index is 1.23. The first-order valence-corrected chi connectivity index (χ1v) is 29.6. The maximum absolute atomic E-state index is 14.3. The van der Waals surface area contributed by atoms with Gasteiger partial charge in [0.1, 0.15) is 30.8 Å². The highest BCUT2D eigenvalue weighted by Crippen LogP contribution is 2.57. The summed E-state index contributed by atoms with van der Waals surface area (Å²) in [5, 5.41) is 0.939. The van der Waals surface area contributed by atoms with Gasteiger partial charge in [0.05, 0.1) is 24.5 Å². The third kappa shape index (κ3) is 13.7. The van der Waals surface area contributed by atoms with Gasteiger partial charge in [-0.1, -0.05) is 140 Å². The largest absolute Gasteiger partial charge is 0.489 e. The summed E-state index contributed by atoms with van der Waals surface area (Å²) in [6, 6.07) is 27.8. The fourth-order valence-electron chi connectivity index (χ4n) is 11.3. The number of fused-ring (bicyclic) bond motifs is 2. The number of cyclic esters (lactones) is 1. The van der Waals surface area contributed by atoms with Crippen molar-refractivity contribution in [3.05, 3.63) is 119 Å². The van der Waals surface area contributed by atoms with Crippen LogP contribution in [0.5, 0.6) is 5.75 Å². The highest BCUT2D eigenvalue weighted by atomic mass is 32.2. The van der Waals surface area contributed by atoms with E-state index in [4.69, 9.17) is 28.1 Å². The molecule has 0 bridgehead atoms. The van der Waals surface area contributed by atoms with Crippen molar-refractivity contribution in [1.29, 1.82) is 0 Å². The van der Waals surface area contributed by atoms with E-state index in [-0.39, 0.29) is 59.2 Å². The van der Waals surface area contributed by atoms with Crippen LogP contribution in [0.1, 0.15) is 190 Å². The number of rotatable bonds is 26. The van der Waals surface area contributed by atoms with Gasteiger partial charge in [-0.15, -0.1) is 0 Å². The Hall–Kier alpha value is -5.33. The van der Waals surface area contributed by atoms with Gasteiger partial charge in [-0.05, 0) is 122 Å². The van der Waals surface area contributed by atoms with Crippen molar-refractivity contribution in [2.45, 2.75) is 193 Å². The van der Waals surface area contributed by atoms with Crippen LogP contribution in [-0.2, 0) is 40.1 Å². The molecule has 0 aliphatic carbocycles. The number of benzene rings is 3. The second-order valence-electron chi connectivity index (χ2n) is 26.7. The quantitative estimate of drug-likeness (QED) is 0.0228. The number of pyridine rings is 1. The number of anilines is 1. The van der Waals surface area contributed by atoms with E-state index < -0.39 is 35.0 Å². The molecule has 11 nitrogen and oxygen atoms in total. The first kappa shape index (κ1) is 62.9. The predicted octanol–water partition coefficient (Wildman–Crippen LogP) is 16.4.